The molecule has 5 heteroatoms. The maximum absolute atomic E-state index is 11.9. The first-order valence-electron chi connectivity index (χ1n) is 9.46. The molecule has 0 aliphatic carbocycles. The van der Waals surface area contributed by atoms with Gasteiger partial charge in [-0.1, -0.05) is 30.3 Å². The third kappa shape index (κ3) is 4.81. The van der Waals surface area contributed by atoms with E-state index in [9.17, 15) is 9.90 Å². The molecule has 1 aromatic carbocycles. The molecule has 2 saturated heterocycles. The van der Waals surface area contributed by atoms with Gasteiger partial charge in [-0.25, -0.2) is 0 Å². The quantitative estimate of drug-likeness (QED) is 0.821. The van der Waals surface area contributed by atoms with Crippen LogP contribution in [0.25, 0.3) is 0 Å². The molecule has 2 fully saturated rings. The van der Waals surface area contributed by atoms with Gasteiger partial charge in [0.15, 0.2) is 0 Å². The first kappa shape index (κ1) is 18.4. The van der Waals surface area contributed by atoms with E-state index in [2.05, 4.69) is 4.90 Å². The second-order valence-corrected chi connectivity index (χ2v) is 7.28. The number of ether oxygens (including phenoxy) is 1. The molecule has 0 aromatic heterocycles. The van der Waals surface area contributed by atoms with E-state index in [0.29, 0.717) is 31.8 Å². The van der Waals surface area contributed by atoms with E-state index < -0.39 is 6.10 Å². The van der Waals surface area contributed by atoms with Crippen molar-refractivity contribution < 1.29 is 14.6 Å². The Labute approximate surface area is 150 Å². The first-order chi connectivity index (χ1) is 12.1. The summed E-state index contributed by atoms with van der Waals surface area (Å²) >= 11 is 0. The average molecular weight is 346 g/mol. The van der Waals surface area contributed by atoms with Crippen LogP contribution in [0.4, 0.5) is 0 Å². The summed E-state index contributed by atoms with van der Waals surface area (Å²) in [5.41, 5.74) is 1.12. The summed E-state index contributed by atoms with van der Waals surface area (Å²) in [4.78, 5) is 16.2. The van der Waals surface area contributed by atoms with E-state index in [1.165, 1.54) is 0 Å². The van der Waals surface area contributed by atoms with Crippen LogP contribution in [0.15, 0.2) is 30.3 Å². The van der Waals surface area contributed by atoms with Gasteiger partial charge in [-0.2, -0.15) is 0 Å². The van der Waals surface area contributed by atoms with Crippen molar-refractivity contribution in [3.8, 4) is 0 Å². The number of rotatable bonds is 7. The molecule has 0 bridgehead atoms. The zero-order valence-corrected chi connectivity index (χ0v) is 15.1. The highest BCUT2D eigenvalue weighted by molar-refractivity contribution is 5.74. The molecular weight excluding hydrogens is 316 g/mol. The molecule has 2 aliphatic rings. The third-order valence-electron chi connectivity index (χ3n) is 5.43. The summed E-state index contributed by atoms with van der Waals surface area (Å²) in [5, 5.41) is 10.4. The second-order valence-electron chi connectivity index (χ2n) is 7.28. The number of likely N-dealkylation sites (tertiary alicyclic amines) is 2. The van der Waals surface area contributed by atoms with Gasteiger partial charge in [-0.05, 0) is 37.8 Å². The number of aliphatic hydroxyl groups excluding tert-OH is 1. The molecule has 1 aromatic rings. The number of amides is 1. The Morgan fingerprint density at radius 3 is 2.68 bits per heavy atom. The van der Waals surface area contributed by atoms with E-state index >= 15 is 0 Å². The Kier molecular flexibility index (Phi) is 6.45. The highest BCUT2D eigenvalue weighted by Crippen LogP contribution is 2.30. The zero-order valence-electron chi connectivity index (χ0n) is 15.1. The second kappa shape index (κ2) is 8.79. The van der Waals surface area contributed by atoms with E-state index in [-0.39, 0.29) is 5.91 Å². The highest BCUT2D eigenvalue weighted by atomic mass is 16.5. The van der Waals surface area contributed by atoms with Gasteiger partial charge in [0, 0.05) is 32.1 Å². The Morgan fingerprint density at radius 2 is 1.92 bits per heavy atom. The summed E-state index contributed by atoms with van der Waals surface area (Å²) in [6.45, 7) is 5.06. The lowest BCUT2D eigenvalue weighted by molar-refractivity contribution is -0.130. The summed E-state index contributed by atoms with van der Waals surface area (Å²) < 4.78 is 5.67. The van der Waals surface area contributed by atoms with E-state index in [1.54, 1.807) is 6.92 Å². The number of benzene rings is 1. The minimum absolute atomic E-state index is 0.182. The zero-order chi connectivity index (χ0) is 17.6. The van der Waals surface area contributed by atoms with E-state index in [1.807, 2.05) is 35.2 Å². The predicted molar refractivity (Wildman–Crippen MR) is 97.1 cm³/mol. The van der Waals surface area contributed by atoms with Crippen LogP contribution >= 0.6 is 0 Å². The van der Waals surface area contributed by atoms with Crippen LogP contribution in [0, 0.1) is 0 Å². The molecule has 3 unspecified atom stereocenters. The van der Waals surface area contributed by atoms with Gasteiger partial charge >= 0.3 is 0 Å². The number of nitrogens with zero attached hydrogens (tertiary/aromatic N) is 2. The van der Waals surface area contributed by atoms with Crippen molar-refractivity contribution in [2.24, 2.45) is 0 Å². The lowest BCUT2D eigenvalue weighted by atomic mass is 10.0. The van der Waals surface area contributed by atoms with Crippen molar-refractivity contribution in [1.29, 1.82) is 0 Å². The van der Waals surface area contributed by atoms with Crippen LogP contribution in [0.5, 0.6) is 0 Å². The smallest absolute Gasteiger partial charge is 0.219 e. The van der Waals surface area contributed by atoms with Crippen LogP contribution in [0.3, 0.4) is 0 Å². The van der Waals surface area contributed by atoms with Gasteiger partial charge in [0.25, 0.3) is 0 Å². The van der Waals surface area contributed by atoms with Crippen molar-refractivity contribution in [3.05, 3.63) is 35.9 Å². The molecule has 138 valence electrons. The van der Waals surface area contributed by atoms with Crippen LogP contribution in [0.2, 0.25) is 0 Å². The Balaban J connectivity index is 1.47. The predicted octanol–water partition coefficient (Wildman–Crippen LogP) is 2.04. The maximum atomic E-state index is 11.9. The fourth-order valence-electron chi connectivity index (χ4n) is 4.31. The van der Waals surface area contributed by atoms with Gasteiger partial charge in [0.2, 0.25) is 5.91 Å². The van der Waals surface area contributed by atoms with Crippen LogP contribution in [-0.2, 0) is 16.1 Å². The van der Waals surface area contributed by atoms with E-state index in [4.69, 9.17) is 4.74 Å². The topological polar surface area (TPSA) is 53.0 Å². The van der Waals surface area contributed by atoms with Crippen molar-refractivity contribution in [3.63, 3.8) is 0 Å². The number of aliphatic hydroxyl groups is 1. The first-order valence-corrected chi connectivity index (χ1v) is 9.46. The lowest BCUT2D eigenvalue weighted by Gasteiger charge is -2.35. The maximum Gasteiger partial charge on any atom is 0.219 e. The van der Waals surface area contributed by atoms with Gasteiger partial charge in [0.1, 0.15) is 0 Å². The van der Waals surface area contributed by atoms with Crippen LogP contribution in [0.1, 0.15) is 38.2 Å². The Bertz CT molecular complexity index is 551. The normalized spacial score (nSPS) is 25.4. The number of β-amino-alcohol motifs (C(OH)–C–C–N with tert-alkyl or cyclic N) is 1. The molecule has 0 radical (unpaired) electrons. The number of carbonyl (C=O) groups is 1. The van der Waals surface area contributed by atoms with Crippen LogP contribution < -0.4 is 0 Å². The molecule has 0 spiro atoms. The minimum Gasteiger partial charge on any atom is -0.389 e. The van der Waals surface area contributed by atoms with Crippen molar-refractivity contribution in [2.45, 2.75) is 57.4 Å². The fraction of sp³-hybridized carbons (Fsp3) is 0.650. The summed E-state index contributed by atoms with van der Waals surface area (Å²) in [6.07, 6.45) is 3.95. The summed E-state index contributed by atoms with van der Waals surface area (Å²) in [5.74, 6) is 0.182. The molecule has 25 heavy (non-hydrogen) atoms. The summed E-state index contributed by atoms with van der Waals surface area (Å²) in [7, 11) is 0. The number of hydrogen-bond acceptors (Lipinski definition) is 4. The largest absolute Gasteiger partial charge is 0.389 e. The number of carbonyl (C=O) groups excluding carboxylic acids is 1. The standard InChI is InChI=1S/C20H30N2O3/c1-16(23)22-12-6-10-20(22)19-9-5-11-21(19)13-18(24)15-25-14-17-7-3-2-4-8-17/h2-4,7-8,18-20,24H,5-6,9-15H2,1H3. The van der Waals surface area contributed by atoms with Crippen molar-refractivity contribution >= 4 is 5.91 Å². The molecule has 0 saturated carbocycles. The molecule has 5 nitrogen and oxygen atoms in total. The molecule has 2 aliphatic heterocycles. The minimum atomic E-state index is -0.489. The lowest BCUT2D eigenvalue weighted by Crippen LogP contribution is -2.49. The molecular formula is C20H30N2O3. The van der Waals surface area contributed by atoms with Crippen LogP contribution in [-0.4, -0.2) is 65.2 Å². The monoisotopic (exact) mass is 346 g/mol. The average Bonchev–Trinajstić information content (AvgIpc) is 3.24. The number of hydrogen-bond donors (Lipinski definition) is 1. The SMILES string of the molecule is CC(=O)N1CCCC1C1CCCN1CC(O)COCc1ccccc1. The van der Waals surface area contributed by atoms with Gasteiger partial charge in [-0.15, -0.1) is 0 Å². The molecule has 3 atom stereocenters. The van der Waals surface area contributed by atoms with Crippen molar-refractivity contribution in [1.82, 2.24) is 9.80 Å². The Morgan fingerprint density at radius 1 is 1.20 bits per heavy atom. The molecule has 1 amide bonds. The molecule has 1 N–H and O–H groups in total. The third-order valence-corrected chi connectivity index (χ3v) is 5.43. The van der Waals surface area contributed by atoms with Crippen molar-refractivity contribution in [2.75, 3.05) is 26.2 Å². The van der Waals surface area contributed by atoms with E-state index in [0.717, 1.165) is 44.3 Å². The Hall–Kier alpha value is -1.43. The van der Waals surface area contributed by atoms with Gasteiger partial charge in [-0.3, -0.25) is 9.69 Å². The molecule has 2 heterocycles. The highest BCUT2D eigenvalue weighted by Gasteiger charge is 2.39. The van der Waals surface area contributed by atoms with Gasteiger partial charge < -0.3 is 14.7 Å². The summed E-state index contributed by atoms with van der Waals surface area (Å²) in [6, 6.07) is 10.7. The van der Waals surface area contributed by atoms with Gasteiger partial charge in [0.05, 0.1) is 19.3 Å². The molecule has 3 rings (SSSR count). The fourth-order valence-corrected chi connectivity index (χ4v) is 4.31.